The molecule has 1 N–H and O–H groups in total. The van der Waals surface area contributed by atoms with E-state index in [1.54, 1.807) is 18.7 Å². The molecule has 3 aliphatic rings. The fourth-order valence-corrected chi connectivity index (χ4v) is 4.80. The third-order valence-electron chi connectivity index (χ3n) is 5.86. The lowest BCUT2D eigenvalue weighted by molar-refractivity contribution is -0.126. The summed E-state index contributed by atoms with van der Waals surface area (Å²) >= 11 is 0. The number of anilines is 2. The van der Waals surface area contributed by atoms with Crippen molar-refractivity contribution >= 4 is 17.3 Å². The van der Waals surface area contributed by atoms with Crippen LogP contribution >= 0.6 is 0 Å². The van der Waals surface area contributed by atoms with Crippen LogP contribution in [0.4, 0.5) is 11.4 Å². The molecule has 128 valence electrons. The number of ether oxygens (including phenoxy) is 1. The van der Waals surface area contributed by atoms with Crippen molar-refractivity contribution in [2.45, 2.75) is 44.4 Å². The molecule has 5 heteroatoms. The molecule has 0 unspecified atom stereocenters. The number of fused-ring (bicyclic) bond motifs is 7. The zero-order valence-electron chi connectivity index (χ0n) is 14.4. The summed E-state index contributed by atoms with van der Waals surface area (Å²) in [6.45, 7) is 5.37. The van der Waals surface area contributed by atoms with Crippen LogP contribution in [0.2, 0.25) is 0 Å². The van der Waals surface area contributed by atoms with E-state index in [2.05, 4.69) is 4.90 Å². The van der Waals surface area contributed by atoms with Crippen LogP contribution in [0.3, 0.4) is 0 Å². The Morgan fingerprint density at radius 1 is 1.04 bits per heavy atom. The first-order valence-corrected chi connectivity index (χ1v) is 8.55. The molecule has 3 heterocycles. The minimum atomic E-state index is -1.14. The molecule has 0 bridgehead atoms. The molecule has 2 aromatic carbocycles. The Morgan fingerprint density at radius 2 is 1.64 bits per heavy atom. The summed E-state index contributed by atoms with van der Waals surface area (Å²) < 4.78 is 6.48. The largest absolute Gasteiger partial charge is 0.381 e. The molecule has 4 atom stereocenters. The summed E-state index contributed by atoms with van der Waals surface area (Å²) in [5.74, 6) is -0.0329. The van der Waals surface area contributed by atoms with Crippen LogP contribution in [0.25, 0.3) is 0 Å². The minimum Gasteiger partial charge on any atom is -0.381 e. The SMILES string of the molecule is CC(=O)N1c2ccccc2[C@@]2(C)O[C@H]3N(c4ccccc4[C@]3(C)O)[C@@H]12. The molecule has 2 aromatic rings. The van der Waals surface area contributed by atoms with Crippen LogP contribution in [0.1, 0.15) is 31.9 Å². The predicted molar refractivity (Wildman–Crippen MR) is 94.1 cm³/mol. The number of nitrogens with zero attached hydrogens (tertiary/aromatic N) is 2. The Kier molecular flexibility index (Phi) is 2.64. The Labute approximate surface area is 146 Å². The van der Waals surface area contributed by atoms with Gasteiger partial charge in [0, 0.05) is 23.7 Å². The van der Waals surface area contributed by atoms with Gasteiger partial charge in [-0.3, -0.25) is 9.69 Å². The number of para-hydroxylation sites is 2. The van der Waals surface area contributed by atoms with E-state index in [-0.39, 0.29) is 12.1 Å². The highest BCUT2D eigenvalue weighted by molar-refractivity contribution is 5.96. The molecule has 25 heavy (non-hydrogen) atoms. The van der Waals surface area contributed by atoms with Crippen molar-refractivity contribution in [1.82, 2.24) is 0 Å². The van der Waals surface area contributed by atoms with Crippen LogP contribution in [-0.4, -0.2) is 23.4 Å². The molecule has 5 rings (SSSR count). The van der Waals surface area contributed by atoms with Crippen LogP contribution in [0.15, 0.2) is 48.5 Å². The molecule has 0 radical (unpaired) electrons. The van der Waals surface area contributed by atoms with Crippen LogP contribution in [-0.2, 0) is 20.7 Å². The highest BCUT2D eigenvalue weighted by Gasteiger charge is 2.67. The fraction of sp³-hybridized carbons (Fsp3) is 0.350. The van der Waals surface area contributed by atoms with Crippen molar-refractivity contribution < 1.29 is 14.6 Å². The lowest BCUT2D eigenvalue weighted by Crippen LogP contribution is -2.52. The van der Waals surface area contributed by atoms with Gasteiger partial charge in [-0.15, -0.1) is 0 Å². The normalized spacial score (nSPS) is 34.6. The topological polar surface area (TPSA) is 53.0 Å². The van der Waals surface area contributed by atoms with Gasteiger partial charge in [0.15, 0.2) is 6.23 Å². The Morgan fingerprint density at radius 3 is 2.32 bits per heavy atom. The predicted octanol–water partition coefficient (Wildman–Crippen LogP) is 2.68. The molecule has 3 aliphatic heterocycles. The second-order valence-corrected chi connectivity index (χ2v) is 7.43. The van der Waals surface area contributed by atoms with Crippen molar-refractivity contribution in [3.63, 3.8) is 0 Å². The van der Waals surface area contributed by atoms with E-state index < -0.39 is 17.4 Å². The summed E-state index contributed by atoms with van der Waals surface area (Å²) in [6.07, 6.45) is -0.849. The molecular formula is C20H20N2O3. The second-order valence-electron chi connectivity index (χ2n) is 7.43. The highest BCUT2D eigenvalue weighted by Crippen LogP contribution is 2.59. The summed E-state index contributed by atoms with van der Waals surface area (Å²) in [7, 11) is 0. The van der Waals surface area contributed by atoms with E-state index in [1.807, 2.05) is 55.5 Å². The van der Waals surface area contributed by atoms with E-state index in [0.29, 0.717) is 0 Å². The zero-order valence-corrected chi connectivity index (χ0v) is 14.4. The number of aliphatic hydroxyl groups is 1. The van der Waals surface area contributed by atoms with Crippen LogP contribution in [0.5, 0.6) is 0 Å². The van der Waals surface area contributed by atoms with Crippen LogP contribution in [0, 0.1) is 0 Å². The highest BCUT2D eigenvalue weighted by atomic mass is 16.6. The summed E-state index contributed by atoms with van der Waals surface area (Å²) in [4.78, 5) is 16.4. The molecular weight excluding hydrogens is 316 g/mol. The van der Waals surface area contributed by atoms with Crippen molar-refractivity contribution in [3.8, 4) is 0 Å². The molecule has 1 amide bonds. The van der Waals surface area contributed by atoms with Gasteiger partial charge in [-0.05, 0) is 26.0 Å². The molecule has 5 nitrogen and oxygen atoms in total. The van der Waals surface area contributed by atoms with Gasteiger partial charge in [-0.1, -0.05) is 36.4 Å². The number of hydrogen-bond acceptors (Lipinski definition) is 4. The van der Waals surface area contributed by atoms with Crippen molar-refractivity contribution in [2.75, 3.05) is 9.80 Å². The van der Waals surface area contributed by atoms with Crippen molar-refractivity contribution in [1.29, 1.82) is 0 Å². The minimum absolute atomic E-state index is 0.0329. The molecule has 0 spiro atoms. The lowest BCUT2D eigenvalue weighted by Gasteiger charge is -2.34. The maximum Gasteiger partial charge on any atom is 0.225 e. The number of benzene rings is 2. The van der Waals surface area contributed by atoms with Gasteiger partial charge >= 0.3 is 0 Å². The number of carbonyl (C=O) groups is 1. The van der Waals surface area contributed by atoms with E-state index in [0.717, 1.165) is 22.5 Å². The average molecular weight is 336 g/mol. The first-order valence-electron chi connectivity index (χ1n) is 8.55. The van der Waals surface area contributed by atoms with Gasteiger partial charge in [0.25, 0.3) is 0 Å². The maximum absolute atomic E-state index is 12.5. The van der Waals surface area contributed by atoms with E-state index in [9.17, 15) is 9.90 Å². The van der Waals surface area contributed by atoms with Crippen LogP contribution < -0.4 is 9.80 Å². The van der Waals surface area contributed by atoms with Gasteiger partial charge in [0.1, 0.15) is 17.4 Å². The summed E-state index contributed by atoms with van der Waals surface area (Å²) in [5, 5.41) is 11.2. The molecule has 0 aliphatic carbocycles. The number of carbonyl (C=O) groups excluding carboxylic acids is 1. The van der Waals surface area contributed by atoms with Gasteiger partial charge in [0.2, 0.25) is 5.91 Å². The fourth-order valence-electron chi connectivity index (χ4n) is 4.80. The molecule has 1 fully saturated rings. The zero-order chi connectivity index (χ0) is 17.6. The molecule has 0 aromatic heterocycles. The van der Waals surface area contributed by atoms with Gasteiger partial charge in [0.05, 0.1) is 5.69 Å². The van der Waals surface area contributed by atoms with Gasteiger partial charge in [-0.2, -0.15) is 0 Å². The van der Waals surface area contributed by atoms with Crippen molar-refractivity contribution in [3.05, 3.63) is 59.7 Å². The number of hydrogen-bond donors (Lipinski definition) is 1. The second kappa shape index (κ2) is 4.42. The van der Waals surface area contributed by atoms with E-state index >= 15 is 0 Å². The monoisotopic (exact) mass is 336 g/mol. The standard InChI is InChI=1S/C20H20N2O3/c1-12(23)21-16-11-7-5-9-14(16)20(3)17(21)22-15-10-6-4-8-13(15)19(2,24)18(22)25-20/h4-11,17-18,24H,1-3H3/t17-,18-,19+,20-/m1/s1. The van der Waals surface area contributed by atoms with Gasteiger partial charge < -0.3 is 14.7 Å². The Hall–Kier alpha value is -2.37. The van der Waals surface area contributed by atoms with Gasteiger partial charge in [-0.25, -0.2) is 0 Å². The molecule has 0 saturated carbocycles. The first-order chi connectivity index (χ1) is 11.9. The van der Waals surface area contributed by atoms with E-state index in [4.69, 9.17) is 4.74 Å². The molecule has 1 saturated heterocycles. The van der Waals surface area contributed by atoms with Crippen molar-refractivity contribution in [2.24, 2.45) is 0 Å². The average Bonchev–Trinajstić information content (AvgIpc) is 3.10. The van der Waals surface area contributed by atoms with E-state index in [1.165, 1.54) is 0 Å². The first kappa shape index (κ1) is 14.9. The summed E-state index contributed by atoms with van der Waals surface area (Å²) in [6, 6.07) is 15.6. The third kappa shape index (κ3) is 1.58. The number of amides is 1. The quantitative estimate of drug-likeness (QED) is 0.804. The summed E-state index contributed by atoms with van der Waals surface area (Å²) in [5.41, 5.74) is 1.79. The Balaban J connectivity index is 1.77. The Bertz CT molecular complexity index is 909. The smallest absolute Gasteiger partial charge is 0.225 e. The third-order valence-corrected chi connectivity index (χ3v) is 5.86. The lowest BCUT2D eigenvalue weighted by atomic mass is 9.94. The number of rotatable bonds is 0. The maximum atomic E-state index is 12.5.